The molecule has 0 spiro atoms. The van der Waals surface area contributed by atoms with Crippen molar-refractivity contribution >= 4 is 62.3 Å². The molecule has 3 rings (SSSR count). The Morgan fingerprint density at radius 3 is 2.08 bits per heavy atom. The van der Waals surface area contributed by atoms with Crippen molar-refractivity contribution in [2.75, 3.05) is 10.8 Å². The number of nitrogens with one attached hydrogen (secondary N) is 1. The molecule has 0 bridgehead atoms. The van der Waals surface area contributed by atoms with Crippen molar-refractivity contribution in [2.45, 2.75) is 57.1 Å². The van der Waals surface area contributed by atoms with Crippen LogP contribution in [0.4, 0.5) is 5.69 Å². The van der Waals surface area contributed by atoms with Crippen LogP contribution in [0.25, 0.3) is 0 Å². The van der Waals surface area contributed by atoms with Crippen LogP contribution in [-0.2, 0) is 26.2 Å². The van der Waals surface area contributed by atoms with Crippen LogP contribution in [-0.4, -0.2) is 43.8 Å². The summed E-state index contributed by atoms with van der Waals surface area (Å²) in [6.45, 7) is 4.90. The maximum Gasteiger partial charge on any atom is 0.264 e. The Morgan fingerprint density at radius 1 is 0.875 bits per heavy atom. The second kappa shape index (κ2) is 14.2. The summed E-state index contributed by atoms with van der Waals surface area (Å²) in [5.74, 6) is -0.963. The van der Waals surface area contributed by atoms with Crippen molar-refractivity contribution in [2.24, 2.45) is 0 Å². The van der Waals surface area contributed by atoms with Crippen LogP contribution in [0.1, 0.15) is 39.2 Å². The molecule has 0 heterocycles. The van der Waals surface area contributed by atoms with E-state index in [9.17, 15) is 18.0 Å². The van der Waals surface area contributed by atoms with Crippen molar-refractivity contribution in [1.29, 1.82) is 0 Å². The first-order valence-corrected chi connectivity index (χ1v) is 15.4. The van der Waals surface area contributed by atoms with Gasteiger partial charge < -0.3 is 10.2 Å². The third-order valence-corrected chi connectivity index (χ3v) is 9.21. The van der Waals surface area contributed by atoms with Crippen molar-refractivity contribution in [3.63, 3.8) is 0 Å². The molecule has 0 aliphatic rings. The first-order chi connectivity index (χ1) is 19.0. The molecule has 2 amide bonds. The molecule has 0 aromatic heterocycles. The van der Waals surface area contributed by atoms with Gasteiger partial charge in [0.2, 0.25) is 11.8 Å². The van der Waals surface area contributed by atoms with Gasteiger partial charge in [-0.2, -0.15) is 0 Å². The normalized spacial score (nSPS) is 12.8. The molecule has 3 aromatic carbocycles. The Hall–Kier alpha value is -2.78. The van der Waals surface area contributed by atoms with Gasteiger partial charge in [0, 0.05) is 33.2 Å². The fraction of sp³-hybridized carbons (Fsp3) is 0.310. The zero-order chi connectivity index (χ0) is 29.4. The lowest BCUT2D eigenvalue weighted by Crippen LogP contribution is -2.53. The molecule has 0 fully saturated rings. The van der Waals surface area contributed by atoms with E-state index in [4.69, 9.17) is 34.8 Å². The first-order valence-electron chi connectivity index (χ1n) is 12.9. The van der Waals surface area contributed by atoms with Gasteiger partial charge in [0.05, 0.1) is 10.6 Å². The third kappa shape index (κ3) is 7.69. The van der Waals surface area contributed by atoms with Gasteiger partial charge in [0.15, 0.2) is 0 Å². The number of anilines is 1. The van der Waals surface area contributed by atoms with Crippen molar-refractivity contribution < 1.29 is 18.0 Å². The predicted molar refractivity (Wildman–Crippen MR) is 161 cm³/mol. The predicted octanol–water partition coefficient (Wildman–Crippen LogP) is 6.56. The fourth-order valence-corrected chi connectivity index (χ4v) is 6.22. The first kappa shape index (κ1) is 31.7. The van der Waals surface area contributed by atoms with Crippen LogP contribution in [0.5, 0.6) is 0 Å². The van der Waals surface area contributed by atoms with E-state index in [-0.39, 0.29) is 35.5 Å². The summed E-state index contributed by atoms with van der Waals surface area (Å²) in [5.41, 5.74) is 0.659. The monoisotopic (exact) mass is 623 g/mol. The van der Waals surface area contributed by atoms with E-state index in [1.165, 1.54) is 23.1 Å². The number of hydrogen-bond acceptors (Lipinski definition) is 4. The van der Waals surface area contributed by atoms with Gasteiger partial charge in [-0.25, -0.2) is 8.42 Å². The highest BCUT2D eigenvalue weighted by Gasteiger charge is 2.34. The van der Waals surface area contributed by atoms with Gasteiger partial charge in [-0.15, -0.1) is 0 Å². The lowest BCUT2D eigenvalue weighted by atomic mass is 10.1. The van der Waals surface area contributed by atoms with Crippen LogP contribution in [0.15, 0.2) is 77.7 Å². The number of rotatable bonds is 12. The number of halogens is 3. The molecule has 0 saturated carbocycles. The summed E-state index contributed by atoms with van der Waals surface area (Å²) in [7, 11) is -4.19. The van der Waals surface area contributed by atoms with Gasteiger partial charge in [0.25, 0.3) is 10.0 Å². The van der Waals surface area contributed by atoms with Crippen LogP contribution in [0.3, 0.4) is 0 Å². The minimum absolute atomic E-state index is 0.00466. The van der Waals surface area contributed by atoms with Gasteiger partial charge in [-0.05, 0) is 62.2 Å². The van der Waals surface area contributed by atoms with E-state index in [1.54, 1.807) is 61.5 Å². The molecule has 2 unspecified atom stereocenters. The van der Waals surface area contributed by atoms with Crippen LogP contribution in [0.2, 0.25) is 15.1 Å². The van der Waals surface area contributed by atoms with E-state index in [0.717, 1.165) is 4.31 Å². The van der Waals surface area contributed by atoms with Gasteiger partial charge in [-0.3, -0.25) is 13.9 Å². The quantitative estimate of drug-likeness (QED) is 0.247. The van der Waals surface area contributed by atoms with Gasteiger partial charge in [-0.1, -0.05) is 79.0 Å². The van der Waals surface area contributed by atoms with E-state index < -0.39 is 28.5 Å². The molecule has 40 heavy (non-hydrogen) atoms. The highest BCUT2D eigenvalue weighted by atomic mass is 35.5. The molecule has 7 nitrogen and oxygen atoms in total. The average molecular weight is 625 g/mol. The summed E-state index contributed by atoms with van der Waals surface area (Å²) >= 11 is 19.1. The zero-order valence-corrected chi connectivity index (χ0v) is 25.6. The van der Waals surface area contributed by atoms with E-state index in [2.05, 4.69) is 5.32 Å². The molecule has 0 aliphatic carbocycles. The maximum absolute atomic E-state index is 14.1. The molecule has 1 N–H and O–H groups in total. The molecule has 0 saturated heterocycles. The minimum Gasteiger partial charge on any atom is -0.352 e. The molecular weight excluding hydrogens is 593 g/mol. The Morgan fingerprint density at radius 2 is 1.50 bits per heavy atom. The SMILES string of the molecule is CCC(C)NC(=O)C(CC)N(Cc1c(Cl)cccc1Cl)C(=O)CN(c1cccc(Cl)c1)S(=O)(=O)c1ccccc1. The van der Waals surface area contributed by atoms with Crippen LogP contribution in [0, 0.1) is 0 Å². The smallest absolute Gasteiger partial charge is 0.264 e. The minimum atomic E-state index is -4.19. The highest BCUT2D eigenvalue weighted by Crippen LogP contribution is 2.29. The second-order valence-corrected chi connectivity index (χ2v) is 12.4. The number of carbonyl (C=O) groups excluding carboxylic acids is 2. The second-order valence-electron chi connectivity index (χ2n) is 9.27. The number of hydrogen-bond donors (Lipinski definition) is 1. The Balaban J connectivity index is 2.09. The molecular formula is C29H32Cl3N3O4S. The largest absolute Gasteiger partial charge is 0.352 e. The number of benzene rings is 3. The Bertz CT molecular complexity index is 1420. The fourth-order valence-electron chi connectivity index (χ4n) is 4.09. The summed E-state index contributed by atoms with van der Waals surface area (Å²) in [6, 6.07) is 18.0. The maximum atomic E-state index is 14.1. The number of sulfonamides is 1. The molecule has 11 heteroatoms. The Kier molecular flexibility index (Phi) is 11.3. The number of nitrogens with zero attached hydrogens (tertiary/aromatic N) is 2. The van der Waals surface area contributed by atoms with Crippen LogP contribution >= 0.6 is 34.8 Å². The van der Waals surface area contributed by atoms with Gasteiger partial charge >= 0.3 is 0 Å². The molecule has 3 aromatic rings. The molecule has 0 aliphatic heterocycles. The average Bonchev–Trinajstić information content (AvgIpc) is 2.93. The third-order valence-electron chi connectivity index (χ3n) is 6.48. The lowest BCUT2D eigenvalue weighted by molar-refractivity contribution is -0.140. The number of amides is 2. The molecule has 214 valence electrons. The standard InChI is InChI=1S/C29H32Cl3N3O4S/c1-4-20(3)33-29(37)27(5-2)34(18-24-25(31)15-10-16-26(24)32)28(36)19-35(22-12-9-11-21(30)17-22)40(38,39)23-13-7-6-8-14-23/h6-17,20,27H,4-5,18-19H2,1-3H3,(H,33,37). The van der Waals surface area contributed by atoms with Crippen molar-refractivity contribution in [3.05, 3.63) is 93.4 Å². The molecule has 2 atom stereocenters. The summed E-state index contributed by atoms with van der Waals surface area (Å²) < 4.78 is 28.6. The van der Waals surface area contributed by atoms with Crippen molar-refractivity contribution in [3.8, 4) is 0 Å². The van der Waals surface area contributed by atoms with E-state index >= 15 is 0 Å². The summed E-state index contributed by atoms with van der Waals surface area (Å²) in [4.78, 5) is 28.8. The van der Waals surface area contributed by atoms with Crippen LogP contribution < -0.4 is 9.62 Å². The summed E-state index contributed by atoms with van der Waals surface area (Å²) in [5, 5.41) is 3.88. The van der Waals surface area contributed by atoms with Crippen molar-refractivity contribution in [1.82, 2.24) is 10.2 Å². The lowest BCUT2D eigenvalue weighted by Gasteiger charge is -2.34. The van der Waals surface area contributed by atoms with E-state index in [1.807, 2.05) is 13.8 Å². The Labute approximate surface area is 251 Å². The zero-order valence-electron chi connectivity index (χ0n) is 22.5. The van der Waals surface area contributed by atoms with Gasteiger partial charge in [0.1, 0.15) is 12.6 Å². The molecule has 0 radical (unpaired) electrons. The summed E-state index contributed by atoms with van der Waals surface area (Å²) in [6.07, 6.45) is 0.975. The topological polar surface area (TPSA) is 86.8 Å². The van der Waals surface area contributed by atoms with E-state index in [0.29, 0.717) is 27.1 Å². The number of carbonyl (C=O) groups is 2. The highest BCUT2D eigenvalue weighted by molar-refractivity contribution is 7.92.